The van der Waals surface area contributed by atoms with Crippen molar-refractivity contribution >= 4 is 0 Å². The third-order valence-corrected chi connectivity index (χ3v) is 3.31. The normalized spacial score (nSPS) is 13.0. The first kappa shape index (κ1) is 17.9. The molecular weight excluding hydrogens is 274 g/mol. The molecule has 5 N–H and O–H groups in total. The minimum Gasteiger partial charge on any atom is -0.508 e. The summed E-state index contributed by atoms with van der Waals surface area (Å²) in [6, 6.07) is 5.05. The van der Waals surface area contributed by atoms with Crippen LogP contribution in [0.1, 0.15) is 44.7 Å². The summed E-state index contributed by atoms with van der Waals surface area (Å²) < 4.78 is 0. The van der Waals surface area contributed by atoms with Gasteiger partial charge in [-0.25, -0.2) is 0 Å². The van der Waals surface area contributed by atoms with Crippen LogP contribution in [0.4, 0.5) is 0 Å². The molecule has 0 aliphatic heterocycles. The zero-order valence-corrected chi connectivity index (χ0v) is 12.7. The molecule has 0 saturated heterocycles. The molecule has 1 aromatic rings. The van der Waals surface area contributed by atoms with Gasteiger partial charge in [-0.3, -0.25) is 0 Å². The number of aliphatic hydroxyl groups is 4. The lowest BCUT2D eigenvalue weighted by Crippen LogP contribution is -2.57. The third kappa shape index (κ3) is 5.26. The molecule has 0 aliphatic carbocycles. The summed E-state index contributed by atoms with van der Waals surface area (Å²) in [6.07, 6.45) is 2.89. The van der Waals surface area contributed by atoms with E-state index in [4.69, 9.17) is 0 Å². The molecule has 0 saturated carbocycles. The van der Waals surface area contributed by atoms with Crippen molar-refractivity contribution in [2.75, 3.05) is 0 Å². The second kappa shape index (κ2) is 6.72. The van der Waals surface area contributed by atoms with Crippen LogP contribution in [0.5, 0.6) is 5.75 Å². The monoisotopic (exact) mass is 299 g/mol. The van der Waals surface area contributed by atoms with Crippen LogP contribution in [0.2, 0.25) is 0 Å². The van der Waals surface area contributed by atoms with Gasteiger partial charge >= 0.3 is 0 Å². The number of nitrogens with zero attached hydrogens (tertiary/aromatic N) is 1. The number of aryl methyl sites for hydroxylation is 1. The smallest absolute Gasteiger partial charge is 0.226 e. The maximum Gasteiger partial charge on any atom is 0.226 e. The van der Waals surface area contributed by atoms with Gasteiger partial charge in [-0.15, -0.1) is 0 Å². The molecule has 0 bridgehead atoms. The zero-order chi connectivity index (χ0) is 16.3. The number of unbranched alkanes of at least 4 members (excludes halogenated alkanes) is 1. The SMILES string of the molecule is CCCCc1ccc(O)c(CN(C(C)(O)O)C(C)(O)O)c1. The van der Waals surface area contributed by atoms with Crippen LogP contribution in [-0.2, 0) is 13.0 Å². The Balaban J connectivity index is 3.03. The molecule has 1 aromatic carbocycles. The van der Waals surface area contributed by atoms with Crippen LogP contribution >= 0.6 is 0 Å². The number of phenolic OH excluding ortho intramolecular Hbond substituents is 1. The Labute approximate surface area is 124 Å². The summed E-state index contributed by atoms with van der Waals surface area (Å²) in [5.74, 6) is -4.91. The predicted molar refractivity (Wildman–Crippen MR) is 77.9 cm³/mol. The minimum absolute atomic E-state index is 0.0336. The van der Waals surface area contributed by atoms with Gasteiger partial charge < -0.3 is 25.5 Å². The fourth-order valence-corrected chi connectivity index (χ4v) is 2.17. The quantitative estimate of drug-likeness (QED) is 0.478. The highest BCUT2D eigenvalue weighted by atomic mass is 16.6. The van der Waals surface area contributed by atoms with Crippen LogP contribution < -0.4 is 0 Å². The van der Waals surface area contributed by atoms with E-state index >= 15 is 0 Å². The summed E-state index contributed by atoms with van der Waals surface area (Å²) in [5, 5.41) is 48.5. The van der Waals surface area contributed by atoms with Gasteiger partial charge in [-0.05, 0) is 24.5 Å². The van der Waals surface area contributed by atoms with Gasteiger partial charge in [0.25, 0.3) is 0 Å². The molecule has 0 aliphatic rings. The third-order valence-electron chi connectivity index (χ3n) is 3.31. The van der Waals surface area contributed by atoms with E-state index in [0.717, 1.165) is 38.7 Å². The van der Waals surface area contributed by atoms with Gasteiger partial charge in [0.2, 0.25) is 11.8 Å². The van der Waals surface area contributed by atoms with E-state index in [2.05, 4.69) is 6.92 Å². The topological polar surface area (TPSA) is 104 Å². The molecular formula is C15H25NO5. The maximum absolute atomic E-state index is 9.89. The first-order chi connectivity index (χ1) is 9.55. The molecule has 0 heterocycles. The fraction of sp³-hybridized carbons (Fsp3) is 0.600. The summed E-state index contributed by atoms with van der Waals surface area (Å²) in [6.45, 7) is 3.90. The Hall–Kier alpha value is -1.18. The number of benzene rings is 1. The van der Waals surface area contributed by atoms with Crippen LogP contribution in [0.25, 0.3) is 0 Å². The average molecular weight is 299 g/mol. The molecule has 6 heteroatoms. The number of phenols is 1. The molecule has 0 spiro atoms. The van der Waals surface area contributed by atoms with E-state index in [1.807, 2.05) is 0 Å². The van der Waals surface area contributed by atoms with E-state index in [0.29, 0.717) is 10.5 Å². The van der Waals surface area contributed by atoms with Crippen molar-refractivity contribution in [2.24, 2.45) is 0 Å². The highest BCUT2D eigenvalue weighted by Gasteiger charge is 2.39. The van der Waals surface area contributed by atoms with Crippen molar-refractivity contribution in [1.82, 2.24) is 4.90 Å². The van der Waals surface area contributed by atoms with Crippen molar-refractivity contribution in [3.63, 3.8) is 0 Å². The molecule has 21 heavy (non-hydrogen) atoms. The Kier molecular flexibility index (Phi) is 5.72. The van der Waals surface area contributed by atoms with Crippen LogP contribution in [0, 0.1) is 0 Å². The van der Waals surface area contributed by atoms with Crippen molar-refractivity contribution in [3.05, 3.63) is 29.3 Å². The summed E-state index contributed by atoms with van der Waals surface area (Å²) in [4.78, 5) is 0.665. The van der Waals surface area contributed by atoms with E-state index in [1.165, 1.54) is 6.07 Å². The summed E-state index contributed by atoms with van der Waals surface area (Å²) in [5.41, 5.74) is 1.40. The molecule has 0 radical (unpaired) electrons. The standard InChI is InChI=1S/C15H25NO5/c1-4-5-6-11-7-8-13(17)12(9-11)10-16(14(2,18)19)15(3,20)21/h7-9,17-21H,4-6,10H2,1-3H3. The van der Waals surface area contributed by atoms with Crippen molar-refractivity contribution < 1.29 is 25.5 Å². The van der Waals surface area contributed by atoms with Gasteiger partial charge in [-0.2, -0.15) is 4.90 Å². The maximum atomic E-state index is 9.89. The first-order valence-corrected chi connectivity index (χ1v) is 7.03. The van der Waals surface area contributed by atoms with Gasteiger partial charge in [0.15, 0.2) is 0 Å². The Bertz CT molecular complexity index is 448. The highest BCUT2D eigenvalue weighted by Crippen LogP contribution is 2.27. The Morgan fingerprint density at radius 1 is 1.05 bits per heavy atom. The summed E-state index contributed by atoms with van der Waals surface area (Å²) in [7, 11) is 0. The second-order valence-electron chi connectivity index (χ2n) is 5.59. The fourth-order valence-electron chi connectivity index (χ4n) is 2.17. The predicted octanol–water partition coefficient (Wildman–Crippen LogP) is 0.853. The van der Waals surface area contributed by atoms with Crippen LogP contribution in [0.15, 0.2) is 18.2 Å². The van der Waals surface area contributed by atoms with E-state index in [-0.39, 0.29) is 12.3 Å². The average Bonchev–Trinajstić information content (AvgIpc) is 2.33. The largest absolute Gasteiger partial charge is 0.508 e. The number of aromatic hydroxyl groups is 1. The zero-order valence-electron chi connectivity index (χ0n) is 12.7. The molecule has 0 amide bonds. The minimum atomic E-state index is -2.44. The molecule has 1 rings (SSSR count). The van der Waals surface area contributed by atoms with Gasteiger partial charge in [0.1, 0.15) is 5.75 Å². The lowest BCUT2D eigenvalue weighted by molar-refractivity contribution is -0.374. The highest BCUT2D eigenvalue weighted by molar-refractivity contribution is 5.36. The molecule has 0 fully saturated rings. The Morgan fingerprint density at radius 2 is 1.62 bits per heavy atom. The second-order valence-corrected chi connectivity index (χ2v) is 5.59. The lowest BCUT2D eigenvalue weighted by atomic mass is 10.0. The van der Waals surface area contributed by atoms with Crippen LogP contribution in [-0.4, -0.2) is 42.3 Å². The first-order valence-electron chi connectivity index (χ1n) is 7.03. The van der Waals surface area contributed by atoms with Gasteiger partial charge in [-0.1, -0.05) is 25.5 Å². The molecule has 6 nitrogen and oxygen atoms in total. The number of rotatable bonds is 7. The Morgan fingerprint density at radius 3 is 2.10 bits per heavy atom. The molecule has 0 unspecified atom stereocenters. The van der Waals surface area contributed by atoms with Crippen LogP contribution in [0.3, 0.4) is 0 Å². The van der Waals surface area contributed by atoms with E-state index in [1.54, 1.807) is 12.1 Å². The van der Waals surface area contributed by atoms with Gasteiger partial charge in [0.05, 0.1) is 0 Å². The van der Waals surface area contributed by atoms with Crippen molar-refractivity contribution in [2.45, 2.75) is 58.4 Å². The summed E-state index contributed by atoms with van der Waals surface area (Å²) >= 11 is 0. The number of hydrogen-bond donors (Lipinski definition) is 5. The molecule has 0 aromatic heterocycles. The molecule has 120 valence electrons. The molecule has 0 atom stereocenters. The number of hydrogen-bond acceptors (Lipinski definition) is 6. The van der Waals surface area contributed by atoms with E-state index < -0.39 is 11.8 Å². The van der Waals surface area contributed by atoms with E-state index in [9.17, 15) is 25.5 Å². The van der Waals surface area contributed by atoms with Crippen molar-refractivity contribution in [3.8, 4) is 5.75 Å². The lowest BCUT2D eigenvalue weighted by Gasteiger charge is -2.39. The van der Waals surface area contributed by atoms with Gasteiger partial charge in [0, 0.05) is 26.0 Å². The van der Waals surface area contributed by atoms with Crippen molar-refractivity contribution in [1.29, 1.82) is 0 Å².